The third kappa shape index (κ3) is 4.61. The Balaban J connectivity index is 1.35. The number of carbonyl (C=O) groups excluding carboxylic acids is 1. The summed E-state index contributed by atoms with van der Waals surface area (Å²) < 4.78 is 13.5. The van der Waals surface area contributed by atoms with Gasteiger partial charge in [-0.25, -0.2) is 4.68 Å². The highest BCUT2D eigenvalue weighted by Gasteiger charge is 2.27. The molecule has 5 rings (SSSR count). The Morgan fingerprint density at radius 3 is 2.67 bits per heavy atom. The van der Waals surface area contributed by atoms with Gasteiger partial charge in [0, 0.05) is 24.8 Å². The largest absolute Gasteiger partial charge is 0.491 e. The molecule has 3 aromatic rings. The molecular weight excluding hydrogens is 418 g/mol. The number of methoxy groups -OCH3 is 1. The van der Waals surface area contributed by atoms with Crippen LogP contribution in [0, 0.1) is 5.92 Å². The molecular formula is C25H29N5O3. The molecule has 8 nitrogen and oxygen atoms in total. The molecule has 1 aliphatic carbocycles. The van der Waals surface area contributed by atoms with Gasteiger partial charge in [0.05, 0.1) is 18.3 Å². The topological polar surface area (TPSA) is 82.4 Å². The van der Waals surface area contributed by atoms with Gasteiger partial charge in [-0.15, -0.1) is 5.10 Å². The summed E-state index contributed by atoms with van der Waals surface area (Å²) in [6.45, 7) is 1.52. The number of amides is 1. The molecule has 1 saturated carbocycles. The number of fused-ring (bicyclic) bond motifs is 1. The van der Waals surface area contributed by atoms with Crippen LogP contribution in [0.4, 0.5) is 0 Å². The molecule has 0 N–H and O–H groups in total. The van der Waals surface area contributed by atoms with E-state index in [1.165, 1.54) is 44.0 Å². The van der Waals surface area contributed by atoms with Crippen molar-refractivity contribution in [1.82, 2.24) is 25.1 Å². The van der Waals surface area contributed by atoms with Crippen LogP contribution < -0.4 is 4.74 Å². The van der Waals surface area contributed by atoms with Crippen molar-refractivity contribution in [1.29, 1.82) is 0 Å². The zero-order valence-corrected chi connectivity index (χ0v) is 18.9. The van der Waals surface area contributed by atoms with Gasteiger partial charge in [-0.3, -0.25) is 4.79 Å². The van der Waals surface area contributed by atoms with Crippen LogP contribution in [-0.2, 0) is 11.3 Å². The number of nitrogens with zero attached hydrogens (tertiary/aromatic N) is 5. The number of benzene rings is 2. The number of aromatic nitrogens is 4. The number of ether oxygens (including phenoxy) is 2. The minimum absolute atomic E-state index is 0.0179. The van der Waals surface area contributed by atoms with Gasteiger partial charge in [0.15, 0.2) is 0 Å². The summed E-state index contributed by atoms with van der Waals surface area (Å²) in [7, 11) is 1.80. The summed E-state index contributed by atoms with van der Waals surface area (Å²) in [5.74, 6) is 1.38. The second-order valence-corrected chi connectivity index (χ2v) is 8.80. The van der Waals surface area contributed by atoms with Crippen LogP contribution >= 0.6 is 0 Å². The Morgan fingerprint density at radius 2 is 1.94 bits per heavy atom. The van der Waals surface area contributed by atoms with Crippen LogP contribution in [0.5, 0.6) is 5.75 Å². The fourth-order valence-corrected chi connectivity index (χ4v) is 5.02. The van der Waals surface area contributed by atoms with E-state index in [-0.39, 0.29) is 12.0 Å². The highest BCUT2D eigenvalue weighted by atomic mass is 16.5. The number of rotatable bonds is 5. The van der Waals surface area contributed by atoms with Crippen LogP contribution in [0.1, 0.15) is 59.7 Å². The molecule has 2 heterocycles. The first-order chi connectivity index (χ1) is 16.2. The van der Waals surface area contributed by atoms with Gasteiger partial charge in [-0.1, -0.05) is 25.3 Å². The van der Waals surface area contributed by atoms with Gasteiger partial charge in [0.2, 0.25) is 0 Å². The van der Waals surface area contributed by atoms with Crippen LogP contribution in [0.15, 0.2) is 48.8 Å². The van der Waals surface area contributed by atoms with E-state index in [0.717, 1.165) is 17.0 Å². The smallest absolute Gasteiger partial charge is 0.254 e. The summed E-state index contributed by atoms with van der Waals surface area (Å²) in [5, 5.41) is 11.2. The summed E-state index contributed by atoms with van der Waals surface area (Å²) in [4.78, 5) is 15.1. The van der Waals surface area contributed by atoms with E-state index in [1.54, 1.807) is 11.8 Å². The molecule has 1 fully saturated rings. The van der Waals surface area contributed by atoms with Gasteiger partial charge in [0.25, 0.3) is 5.91 Å². The molecule has 172 valence electrons. The molecule has 1 amide bonds. The standard InChI is InChI=1S/C25H29N5O3/c1-32-24(18-5-3-2-4-6-18)20-9-12-23-21(15-20)16-29(13-14-33-23)25(31)19-7-10-22(11-8-19)30-17-26-27-28-30/h7-12,15,17-18,24H,2-6,13-14,16H2,1H3. The Labute approximate surface area is 193 Å². The summed E-state index contributed by atoms with van der Waals surface area (Å²) in [6, 6.07) is 13.6. The van der Waals surface area contributed by atoms with Crippen molar-refractivity contribution in [3.05, 3.63) is 65.5 Å². The predicted octanol–water partition coefficient (Wildman–Crippen LogP) is 3.96. The zero-order valence-electron chi connectivity index (χ0n) is 18.9. The minimum atomic E-state index is -0.0179. The second-order valence-electron chi connectivity index (χ2n) is 8.80. The molecule has 33 heavy (non-hydrogen) atoms. The van der Waals surface area contributed by atoms with Crippen molar-refractivity contribution >= 4 is 5.91 Å². The van der Waals surface area contributed by atoms with E-state index >= 15 is 0 Å². The third-order valence-electron chi connectivity index (χ3n) is 6.74. The van der Waals surface area contributed by atoms with E-state index < -0.39 is 0 Å². The Hall–Kier alpha value is -3.26. The summed E-state index contributed by atoms with van der Waals surface area (Å²) in [5.41, 5.74) is 3.64. The lowest BCUT2D eigenvalue weighted by Gasteiger charge is -2.30. The quantitative estimate of drug-likeness (QED) is 0.589. The van der Waals surface area contributed by atoms with E-state index in [2.05, 4.69) is 27.7 Å². The first kappa shape index (κ1) is 21.6. The first-order valence-corrected chi connectivity index (χ1v) is 11.6. The highest BCUT2D eigenvalue weighted by Crippen LogP contribution is 2.38. The molecule has 1 aliphatic heterocycles. The van der Waals surface area contributed by atoms with Gasteiger partial charge < -0.3 is 14.4 Å². The normalized spacial score (nSPS) is 17.7. The van der Waals surface area contributed by atoms with Crippen molar-refractivity contribution in [3.63, 3.8) is 0 Å². The first-order valence-electron chi connectivity index (χ1n) is 11.6. The number of hydrogen-bond donors (Lipinski definition) is 0. The van der Waals surface area contributed by atoms with E-state index in [0.29, 0.717) is 31.2 Å². The van der Waals surface area contributed by atoms with Crippen LogP contribution in [0.3, 0.4) is 0 Å². The third-order valence-corrected chi connectivity index (χ3v) is 6.74. The monoisotopic (exact) mass is 447 g/mol. The number of carbonyl (C=O) groups is 1. The molecule has 2 aromatic carbocycles. The molecule has 0 saturated heterocycles. The maximum atomic E-state index is 13.3. The molecule has 1 unspecified atom stereocenters. The number of tetrazole rings is 1. The van der Waals surface area contributed by atoms with Crippen LogP contribution in [-0.4, -0.2) is 51.3 Å². The van der Waals surface area contributed by atoms with Crippen molar-refractivity contribution < 1.29 is 14.3 Å². The average Bonchev–Trinajstić information content (AvgIpc) is 3.32. The number of hydrogen-bond acceptors (Lipinski definition) is 6. The maximum Gasteiger partial charge on any atom is 0.254 e. The Morgan fingerprint density at radius 1 is 1.12 bits per heavy atom. The fraction of sp³-hybridized carbons (Fsp3) is 0.440. The summed E-state index contributed by atoms with van der Waals surface area (Å²) >= 11 is 0. The lowest BCUT2D eigenvalue weighted by atomic mass is 9.82. The molecule has 1 aromatic heterocycles. The fourth-order valence-electron chi connectivity index (χ4n) is 5.02. The Kier molecular flexibility index (Phi) is 6.35. The molecule has 0 bridgehead atoms. The Bertz CT molecular complexity index is 1080. The lowest BCUT2D eigenvalue weighted by Crippen LogP contribution is -2.32. The van der Waals surface area contributed by atoms with Crippen molar-refractivity contribution in [3.8, 4) is 11.4 Å². The van der Waals surface area contributed by atoms with Crippen LogP contribution in [0.2, 0.25) is 0 Å². The van der Waals surface area contributed by atoms with Gasteiger partial charge >= 0.3 is 0 Å². The molecule has 0 spiro atoms. The van der Waals surface area contributed by atoms with E-state index in [9.17, 15) is 4.79 Å². The van der Waals surface area contributed by atoms with Crippen molar-refractivity contribution in [2.75, 3.05) is 20.3 Å². The summed E-state index contributed by atoms with van der Waals surface area (Å²) in [6.07, 6.45) is 7.88. The van der Waals surface area contributed by atoms with Crippen molar-refractivity contribution in [2.24, 2.45) is 5.92 Å². The maximum absolute atomic E-state index is 13.3. The average molecular weight is 448 g/mol. The van der Waals surface area contributed by atoms with Crippen molar-refractivity contribution in [2.45, 2.75) is 44.8 Å². The molecule has 0 radical (unpaired) electrons. The lowest BCUT2D eigenvalue weighted by molar-refractivity contribution is 0.0353. The molecule has 8 heteroatoms. The van der Waals surface area contributed by atoms with Gasteiger partial charge in [0.1, 0.15) is 18.7 Å². The zero-order chi connectivity index (χ0) is 22.6. The SMILES string of the molecule is COC(c1ccc2c(c1)CN(C(=O)c1ccc(-n3cnnn3)cc1)CCO2)C1CCCCC1. The van der Waals surface area contributed by atoms with Crippen LogP contribution in [0.25, 0.3) is 5.69 Å². The van der Waals surface area contributed by atoms with Gasteiger partial charge in [-0.05, 0) is 71.1 Å². The van der Waals surface area contributed by atoms with E-state index in [4.69, 9.17) is 9.47 Å². The molecule has 1 atom stereocenters. The highest BCUT2D eigenvalue weighted by molar-refractivity contribution is 5.94. The van der Waals surface area contributed by atoms with E-state index in [1.807, 2.05) is 35.2 Å². The predicted molar refractivity (Wildman–Crippen MR) is 122 cm³/mol. The minimum Gasteiger partial charge on any atom is -0.491 e. The second kappa shape index (κ2) is 9.70. The molecule has 2 aliphatic rings. The van der Waals surface area contributed by atoms with Gasteiger partial charge in [-0.2, -0.15) is 0 Å².